The summed E-state index contributed by atoms with van der Waals surface area (Å²) in [5, 5.41) is 19.4. The Hall–Kier alpha value is -3.91. The van der Waals surface area contributed by atoms with Gasteiger partial charge in [0.25, 0.3) is 5.56 Å². The average molecular weight is 513 g/mol. The largest absolute Gasteiger partial charge is 0.369 e. The van der Waals surface area contributed by atoms with Crippen LogP contribution in [-0.4, -0.2) is 35.2 Å². The molecule has 0 aliphatic heterocycles. The van der Waals surface area contributed by atoms with Gasteiger partial charge in [0.2, 0.25) is 0 Å². The third-order valence-corrected chi connectivity index (χ3v) is 8.49. The Balaban J connectivity index is 1.43. The molecule has 2 saturated carbocycles. The number of aryl methyl sites for hydroxylation is 2. The Morgan fingerprint density at radius 1 is 1.05 bits per heavy atom. The highest BCUT2D eigenvalue weighted by Gasteiger charge is 2.33. The van der Waals surface area contributed by atoms with E-state index in [9.17, 15) is 19.7 Å². The van der Waals surface area contributed by atoms with Gasteiger partial charge < -0.3 is 14.4 Å². The fraction of sp³-hybridized carbons (Fsp3) is 0.467. The van der Waals surface area contributed by atoms with Gasteiger partial charge >= 0.3 is 0 Å². The van der Waals surface area contributed by atoms with Gasteiger partial charge in [-0.2, -0.15) is 10.5 Å². The fourth-order valence-corrected chi connectivity index (χ4v) is 6.14. The maximum atomic E-state index is 14.3. The Labute approximate surface area is 222 Å². The van der Waals surface area contributed by atoms with Crippen LogP contribution in [0.25, 0.3) is 11.0 Å². The summed E-state index contributed by atoms with van der Waals surface area (Å²) < 4.78 is 15.8. The van der Waals surface area contributed by atoms with Crippen LogP contribution in [0.1, 0.15) is 61.8 Å². The van der Waals surface area contributed by atoms with Crippen LogP contribution in [0.15, 0.2) is 35.1 Å². The first-order valence-corrected chi connectivity index (χ1v) is 13.4. The third-order valence-electron chi connectivity index (χ3n) is 8.49. The first-order valence-electron chi connectivity index (χ1n) is 13.4. The van der Waals surface area contributed by atoms with Gasteiger partial charge in [0.1, 0.15) is 34.7 Å². The van der Waals surface area contributed by atoms with Crippen molar-refractivity contribution in [3.8, 4) is 12.1 Å². The zero-order valence-electron chi connectivity index (χ0n) is 22.2. The number of nitriles is 2. The van der Waals surface area contributed by atoms with E-state index in [1.165, 1.54) is 23.8 Å². The molecule has 2 aliphatic carbocycles. The Morgan fingerprint density at radius 2 is 1.76 bits per heavy atom. The summed E-state index contributed by atoms with van der Waals surface area (Å²) in [5.74, 6) is 0.460. The van der Waals surface area contributed by atoms with Gasteiger partial charge in [-0.1, -0.05) is 6.42 Å². The highest BCUT2D eigenvalue weighted by atomic mass is 19.1. The second-order valence-corrected chi connectivity index (χ2v) is 10.9. The molecular weight excluding hydrogens is 479 g/mol. The number of anilines is 2. The molecule has 7 nitrogen and oxygen atoms in total. The molecule has 196 valence electrons. The van der Waals surface area contributed by atoms with Crippen LogP contribution in [-0.2, 0) is 7.05 Å². The average Bonchev–Trinajstić information content (AvgIpc) is 2.89. The van der Waals surface area contributed by atoms with Crippen LogP contribution < -0.4 is 15.4 Å². The predicted molar refractivity (Wildman–Crippen MR) is 147 cm³/mol. The summed E-state index contributed by atoms with van der Waals surface area (Å²) in [6.07, 6.45) is 7.33. The minimum absolute atomic E-state index is 0.0501. The number of nitrogens with zero attached hydrogens (tertiary/aromatic N) is 6. The van der Waals surface area contributed by atoms with E-state index in [4.69, 9.17) is 0 Å². The van der Waals surface area contributed by atoms with Crippen LogP contribution in [0.4, 0.5) is 15.8 Å². The fourth-order valence-electron chi connectivity index (χ4n) is 6.14. The van der Waals surface area contributed by atoms with E-state index in [0.29, 0.717) is 28.7 Å². The van der Waals surface area contributed by atoms with Gasteiger partial charge in [0.15, 0.2) is 0 Å². The second-order valence-electron chi connectivity index (χ2n) is 10.9. The number of fused-ring (bicyclic) bond motifs is 1. The summed E-state index contributed by atoms with van der Waals surface area (Å²) >= 11 is 0. The molecule has 0 saturated heterocycles. The van der Waals surface area contributed by atoms with Crippen molar-refractivity contribution in [2.45, 2.75) is 64.0 Å². The molecule has 0 bridgehead atoms. The van der Waals surface area contributed by atoms with E-state index in [1.807, 2.05) is 18.9 Å². The molecule has 0 amide bonds. The lowest BCUT2D eigenvalue weighted by Gasteiger charge is -2.44. The molecule has 0 atom stereocenters. The molecular formula is C30H33FN6O. The Bertz CT molecular complexity index is 1480. The van der Waals surface area contributed by atoms with Gasteiger partial charge in [-0.3, -0.25) is 4.79 Å². The van der Waals surface area contributed by atoms with E-state index in [1.54, 1.807) is 31.3 Å². The standard InChI is InChI=1S/C30H33FN6O/c1-19-13-21(31)15-25(14-19)37(18-20-5-4-6-20)24-10-8-23(9-11-24)35(2)29-26(17-33)30(38)36(3)27-12-7-22(16-32)34-28(27)29/h7,12-15,20,23-24H,4-6,8-11,18H2,1-3H3. The van der Waals surface area contributed by atoms with Crippen molar-refractivity contribution >= 4 is 22.4 Å². The molecule has 0 N–H and O–H groups in total. The molecule has 2 heterocycles. The van der Waals surface area contributed by atoms with E-state index in [-0.39, 0.29) is 28.7 Å². The number of benzene rings is 1. The maximum absolute atomic E-state index is 14.3. The van der Waals surface area contributed by atoms with Crippen molar-refractivity contribution < 1.29 is 4.39 Å². The molecule has 0 unspecified atom stereocenters. The molecule has 2 fully saturated rings. The highest BCUT2D eigenvalue weighted by Crippen LogP contribution is 2.37. The van der Waals surface area contributed by atoms with Gasteiger partial charge in [-0.15, -0.1) is 0 Å². The summed E-state index contributed by atoms with van der Waals surface area (Å²) in [6, 6.07) is 13.2. The van der Waals surface area contributed by atoms with Gasteiger partial charge in [0.05, 0.1) is 11.2 Å². The van der Waals surface area contributed by atoms with Crippen molar-refractivity contribution in [1.29, 1.82) is 10.5 Å². The van der Waals surface area contributed by atoms with E-state index in [2.05, 4.69) is 28.1 Å². The van der Waals surface area contributed by atoms with Crippen molar-refractivity contribution in [2.24, 2.45) is 13.0 Å². The van der Waals surface area contributed by atoms with Crippen LogP contribution in [0.2, 0.25) is 0 Å². The highest BCUT2D eigenvalue weighted by molar-refractivity contribution is 5.92. The lowest BCUT2D eigenvalue weighted by atomic mass is 9.83. The van der Waals surface area contributed by atoms with Gasteiger partial charge in [0, 0.05) is 38.4 Å². The maximum Gasteiger partial charge on any atom is 0.270 e. The van der Waals surface area contributed by atoms with Crippen LogP contribution >= 0.6 is 0 Å². The van der Waals surface area contributed by atoms with E-state index < -0.39 is 0 Å². The van der Waals surface area contributed by atoms with Crippen molar-refractivity contribution in [3.63, 3.8) is 0 Å². The normalized spacial score (nSPS) is 19.4. The third kappa shape index (κ3) is 4.72. The SMILES string of the molecule is Cc1cc(F)cc(N(CC2CCC2)C2CCC(N(C)c3c(C#N)c(=O)n(C)c4ccc(C#N)nc34)CC2)c1. The van der Waals surface area contributed by atoms with Crippen molar-refractivity contribution in [2.75, 3.05) is 23.4 Å². The molecule has 38 heavy (non-hydrogen) atoms. The van der Waals surface area contributed by atoms with E-state index in [0.717, 1.165) is 43.5 Å². The molecule has 1 aromatic carbocycles. The summed E-state index contributed by atoms with van der Waals surface area (Å²) in [4.78, 5) is 22.0. The Morgan fingerprint density at radius 3 is 2.37 bits per heavy atom. The van der Waals surface area contributed by atoms with Gasteiger partial charge in [-0.25, -0.2) is 9.37 Å². The zero-order valence-corrected chi connectivity index (χ0v) is 22.2. The smallest absolute Gasteiger partial charge is 0.270 e. The quantitative estimate of drug-likeness (QED) is 0.452. The topological polar surface area (TPSA) is 89.0 Å². The molecule has 0 radical (unpaired) electrons. The minimum Gasteiger partial charge on any atom is -0.369 e. The van der Waals surface area contributed by atoms with Crippen molar-refractivity contribution in [1.82, 2.24) is 9.55 Å². The summed E-state index contributed by atoms with van der Waals surface area (Å²) in [7, 11) is 3.54. The summed E-state index contributed by atoms with van der Waals surface area (Å²) in [6.45, 7) is 2.89. The molecule has 0 spiro atoms. The number of hydrogen-bond donors (Lipinski definition) is 0. The zero-order chi connectivity index (χ0) is 27.0. The van der Waals surface area contributed by atoms with Crippen LogP contribution in [0.3, 0.4) is 0 Å². The molecule has 2 aromatic heterocycles. The molecule has 8 heteroatoms. The van der Waals surface area contributed by atoms with Crippen molar-refractivity contribution in [3.05, 3.63) is 63.3 Å². The molecule has 2 aliphatic rings. The monoisotopic (exact) mass is 512 g/mol. The number of aromatic nitrogens is 2. The Kier molecular flexibility index (Phi) is 7.08. The van der Waals surface area contributed by atoms with Gasteiger partial charge in [-0.05, 0) is 87.3 Å². The lowest BCUT2D eigenvalue weighted by Crippen LogP contribution is -2.46. The second kappa shape index (κ2) is 10.5. The number of halogens is 1. The number of rotatable bonds is 6. The summed E-state index contributed by atoms with van der Waals surface area (Å²) in [5.41, 5.74) is 3.41. The van der Waals surface area contributed by atoms with E-state index >= 15 is 0 Å². The first-order chi connectivity index (χ1) is 18.3. The van der Waals surface area contributed by atoms with Crippen LogP contribution in [0, 0.1) is 41.3 Å². The number of hydrogen-bond acceptors (Lipinski definition) is 6. The first kappa shape index (κ1) is 25.7. The molecule has 5 rings (SSSR count). The minimum atomic E-state index is -0.366. The lowest BCUT2D eigenvalue weighted by molar-refractivity contribution is 0.290. The molecule has 3 aromatic rings. The van der Waals surface area contributed by atoms with Crippen LogP contribution in [0.5, 0.6) is 0 Å². The number of pyridine rings is 2. The predicted octanol–water partition coefficient (Wildman–Crippen LogP) is 5.18.